The normalized spacial score (nSPS) is 15.3. The Morgan fingerprint density at radius 1 is 1.21 bits per heavy atom. The predicted octanol–water partition coefficient (Wildman–Crippen LogP) is 0.798. The van der Waals surface area contributed by atoms with Gasteiger partial charge in [0.15, 0.2) is 23.6 Å². The lowest BCUT2D eigenvalue weighted by atomic mass is 10.1. The number of ether oxygens (including phenoxy) is 1. The van der Waals surface area contributed by atoms with E-state index in [2.05, 4.69) is 5.32 Å². The number of nitrogens with two attached hydrogens (primary N) is 1. The number of aromatic nitrogens is 4. The molecule has 1 aliphatic rings. The summed E-state index contributed by atoms with van der Waals surface area (Å²) in [6.45, 7) is 4.85. The van der Waals surface area contributed by atoms with Gasteiger partial charge in [0, 0.05) is 39.8 Å². The highest BCUT2D eigenvalue weighted by Gasteiger charge is 2.27. The first-order valence-electron chi connectivity index (χ1n) is 12.9. The molecular weight excluding hydrogens is 502 g/mol. The number of piperidine rings is 1. The lowest BCUT2D eigenvalue weighted by Gasteiger charge is -2.31. The van der Waals surface area contributed by atoms with Crippen LogP contribution >= 0.6 is 0 Å². The third-order valence-corrected chi connectivity index (χ3v) is 6.76. The summed E-state index contributed by atoms with van der Waals surface area (Å²) in [4.78, 5) is 58.9. The van der Waals surface area contributed by atoms with Crippen LogP contribution in [0.5, 0.6) is 5.75 Å². The van der Waals surface area contributed by atoms with Crippen molar-refractivity contribution in [2.45, 2.75) is 45.8 Å². The summed E-state index contributed by atoms with van der Waals surface area (Å²) in [5.41, 5.74) is 6.68. The number of hydrogen-bond donors (Lipinski definition) is 2. The Labute approximate surface area is 225 Å². The average molecular weight is 538 g/mol. The molecule has 3 aromatic rings. The molecule has 0 aliphatic carbocycles. The van der Waals surface area contributed by atoms with Gasteiger partial charge in [-0.3, -0.25) is 23.5 Å². The van der Waals surface area contributed by atoms with Gasteiger partial charge in [-0.15, -0.1) is 0 Å². The molecule has 3 heterocycles. The SMILES string of the molecule is CNC(=O)COc1ccccc1C(=O)Cn1c(=O)c2c(nc(N3CCCC(N)C3)n2CC=C(C)C)n(C)c1=O. The zero-order valence-corrected chi connectivity index (χ0v) is 22.8. The van der Waals surface area contributed by atoms with Gasteiger partial charge in [0.1, 0.15) is 5.75 Å². The molecule has 3 N–H and O–H groups in total. The van der Waals surface area contributed by atoms with Gasteiger partial charge in [-0.25, -0.2) is 4.79 Å². The summed E-state index contributed by atoms with van der Waals surface area (Å²) in [5.74, 6) is -0.0994. The van der Waals surface area contributed by atoms with Crippen molar-refractivity contribution in [2.75, 3.05) is 31.6 Å². The minimum Gasteiger partial charge on any atom is -0.483 e. The molecule has 208 valence electrons. The number of amides is 1. The Hall–Kier alpha value is -4.19. The van der Waals surface area contributed by atoms with Crippen molar-refractivity contribution in [3.05, 3.63) is 62.3 Å². The van der Waals surface area contributed by atoms with Crippen LogP contribution < -0.4 is 31.9 Å². The minimum atomic E-state index is -0.654. The second-order valence-corrected chi connectivity index (χ2v) is 9.94. The highest BCUT2D eigenvalue weighted by atomic mass is 16.5. The quantitative estimate of drug-likeness (QED) is 0.301. The maximum atomic E-state index is 13.8. The van der Waals surface area contributed by atoms with Gasteiger partial charge in [0.25, 0.3) is 11.5 Å². The van der Waals surface area contributed by atoms with E-state index in [0.29, 0.717) is 19.0 Å². The van der Waals surface area contributed by atoms with E-state index in [1.165, 1.54) is 24.7 Å². The molecule has 39 heavy (non-hydrogen) atoms. The van der Waals surface area contributed by atoms with Gasteiger partial charge in [-0.2, -0.15) is 4.98 Å². The van der Waals surface area contributed by atoms with Crippen LogP contribution in [0.15, 0.2) is 45.5 Å². The van der Waals surface area contributed by atoms with E-state index in [0.717, 1.165) is 29.5 Å². The number of Topliss-reactive ketones (excluding diaryl/α,β-unsaturated/α-hetero) is 1. The van der Waals surface area contributed by atoms with Gasteiger partial charge in [0.2, 0.25) is 5.95 Å². The molecule has 1 amide bonds. The zero-order chi connectivity index (χ0) is 28.3. The maximum Gasteiger partial charge on any atom is 0.332 e. The molecule has 4 rings (SSSR count). The number of carbonyl (C=O) groups excluding carboxylic acids is 2. The Bertz CT molecular complexity index is 1540. The van der Waals surface area contributed by atoms with Crippen LogP contribution in [-0.4, -0.2) is 63.2 Å². The maximum absolute atomic E-state index is 13.8. The number of anilines is 1. The molecule has 1 atom stereocenters. The molecule has 1 aliphatic heterocycles. The average Bonchev–Trinajstić information content (AvgIpc) is 3.31. The first-order valence-corrected chi connectivity index (χ1v) is 12.9. The lowest BCUT2D eigenvalue weighted by molar-refractivity contribution is -0.122. The number of benzene rings is 1. The van der Waals surface area contributed by atoms with E-state index in [4.69, 9.17) is 15.5 Å². The third-order valence-electron chi connectivity index (χ3n) is 6.76. The van der Waals surface area contributed by atoms with E-state index < -0.39 is 23.6 Å². The number of imidazole rings is 1. The van der Waals surface area contributed by atoms with Crippen molar-refractivity contribution in [3.8, 4) is 5.75 Å². The molecule has 12 heteroatoms. The fraction of sp³-hybridized carbons (Fsp3) is 0.444. The van der Waals surface area contributed by atoms with Crippen molar-refractivity contribution >= 4 is 28.8 Å². The molecule has 12 nitrogen and oxygen atoms in total. The number of aryl methyl sites for hydroxylation is 1. The van der Waals surface area contributed by atoms with Crippen LogP contribution in [0, 0.1) is 0 Å². The highest BCUT2D eigenvalue weighted by molar-refractivity contribution is 5.98. The summed E-state index contributed by atoms with van der Waals surface area (Å²) in [5, 5.41) is 2.45. The number of carbonyl (C=O) groups is 2. The molecular formula is C27H35N7O5. The van der Waals surface area contributed by atoms with Crippen LogP contribution in [0.1, 0.15) is 37.0 Å². The number of nitrogens with one attached hydrogen (secondary N) is 1. The molecule has 2 aromatic heterocycles. The fourth-order valence-corrected chi connectivity index (χ4v) is 4.65. The summed E-state index contributed by atoms with van der Waals surface area (Å²) < 4.78 is 9.53. The number of likely N-dealkylation sites (N-methyl/N-ethyl adjacent to an activating group) is 1. The Morgan fingerprint density at radius 2 is 1.95 bits per heavy atom. The fourth-order valence-electron chi connectivity index (χ4n) is 4.65. The van der Waals surface area contributed by atoms with E-state index >= 15 is 0 Å². The van der Waals surface area contributed by atoms with Crippen molar-refractivity contribution in [1.82, 2.24) is 24.0 Å². The number of rotatable bonds is 9. The molecule has 0 bridgehead atoms. The van der Waals surface area contributed by atoms with Crippen molar-refractivity contribution in [3.63, 3.8) is 0 Å². The van der Waals surface area contributed by atoms with Crippen molar-refractivity contribution in [1.29, 1.82) is 0 Å². The molecule has 0 saturated carbocycles. The molecule has 0 spiro atoms. The third kappa shape index (κ3) is 5.80. The standard InChI is InChI=1S/C27H35N7O5/c1-17(2)11-13-33-23-24(30-26(33)32-12-7-8-18(28)14-32)31(4)27(38)34(25(23)37)15-20(35)19-9-5-6-10-21(19)39-16-22(36)29-3/h5-6,9-11,18H,7-8,12-16,28H2,1-4H3,(H,29,36). The van der Waals surface area contributed by atoms with Gasteiger partial charge in [-0.05, 0) is 38.8 Å². The molecule has 1 unspecified atom stereocenters. The van der Waals surface area contributed by atoms with Crippen LogP contribution in [-0.2, 0) is 24.9 Å². The van der Waals surface area contributed by atoms with E-state index in [1.807, 2.05) is 24.8 Å². The van der Waals surface area contributed by atoms with Crippen molar-refractivity contribution < 1.29 is 14.3 Å². The minimum absolute atomic E-state index is 0.0146. The first kappa shape index (κ1) is 27.8. The number of allylic oxidation sites excluding steroid dienone is 2. The molecule has 0 radical (unpaired) electrons. The Morgan fingerprint density at radius 3 is 2.64 bits per heavy atom. The zero-order valence-electron chi connectivity index (χ0n) is 22.8. The topological polar surface area (TPSA) is 146 Å². The number of para-hydroxylation sites is 1. The van der Waals surface area contributed by atoms with Crippen LogP contribution in [0.3, 0.4) is 0 Å². The van der Waals surface area contributed by atoms with Crippen molar-refractivity contribution in [2.24, 2.45) is 12.8 Å². The van der Waals surface area contributed by atoms with E-state index in [1.54, 1.807) is 22.8 Å². The number of hydrogen-bond acceptors (Lipinski definition) is 8. The summed E-state index contributed by atoms with van der Waals surface area (Å²) >= 11 is 0. The Kier molecular flexibility index (Phi) is 8.34. The Balaban J connectivity index is 1.80. The summed E-state index contributed by atoms with van der Waals surface area (Å²) in [6.07, 6.45) is 3.78. The van der Waals surface area contributed by atoms with Gasteiger partial charge >= 0.3 is 5.69 Å². The summed E-state index contributed by atoms with van der Waals surface area (Å²) in [6, 6.07) is 6.40. The monoisotopic (exact) mass is 537 g/mol. The van der Waals surface area contributed by atoms with Crippen LogP contribution in [0.4, 0.5) is 5.95 Å². The van der Waals surface area contributed by atoms with Gasteiger partial charge in [0.05, 0.1) is 12.1 Å². The largest absolute Gasteiger partial charge is 0.483 e. The predicted molar refractivity (Wildman–Crippen MR) is 148 cm³/mol. The molecule has 1 saturated heterocycles. The lowest BCUT2D eigenvalue weighted by Crippen LogP contribution is -2.44. The second-order valence-electron chi connectivity index (χ2n) is 9.94. The number of ketones is 1. The van der Waals surface area contributed by atoms with Crippen LogP contribution in [0.25, 0.3) is 11.2 Å². The summed E-state index contributed by atoms with van der Waals surface area (Å²) in [7, 11) is 3.02. The highest BCUT2D eigenvalue weighted by Crippen LogP contribution is 2.24. The van der Waals surface area contributed by atoms with E-state index in [-0.39, 0.29) is 41.0 Å². The van der Waals surface area contributed by atoms with Crippen LogP contribution in [0.2, 0.25) is 0 Å². The molecule has 1 aromatic carbocycles. The smallest absolute Gasteiger partial charge is 0.332 e. The first-order chi connectivity index (χ1) is 18.6. The van der Waals surface area contributed by atoms with Gasteiger partial charge < -0.3 is 25.3 Å². The van der Waals surface area contributed by atoms with Gasteiger partial charge in [-0.1, -0.05) is 23.8 Å². The van der Waals surface area contributed by atoms with E-state index in [9.17, 15) is 19.2 Å². The molecule has 1 fully saturated rings. The number of nitrogens with zero attached hydrogens (tertiary/aromatic N) is 5. The second kappa shape index (κ2) is 11.7. The number of fused-ring (bicyclic) bond motifs is 1.